The van der Waals surface area contributed by atoms with E-state index in [0.29, 0.717) is 5.41 Å². The van der Waals surface area contributed by atoms with Crippen LogP contribution in [-0.4, -0.2) is 12.6 Å². The van der Waals surface area contributed by atoms with E-state index in [4.69, 9.17) is 0 Å². The van der Waals surface area contributed by atoms with Crippen LogP contribution in [0.4, 0.5) is 0 Å². The molecule has 0 radical (unpaired) electrons. The smallest absolute Gasteiger partial charge is 0.00684 e. The van der Waals surface area contributed by atoms with E-state index in [0.717, 1.165) is 25.4 Å². The molecule has 0 heterocycles. The summed E-state index contributed by atoms with van der Waals surface area (Å²) < 4.78 is 0. The molecule has 0 bridgehead atoms. The molecular formula is C19H31N. The number of aryl methyl sites for hydroxylation is 3. The van der Waals surface area contributed by atoms with Crippen molar-refractivity contribution in [3.8, 4) is 0 Å². The van der Waals surface area contributed by atoms with Gasteiger partial charge in [0, 0.05) is 12.6 Å². The summed E-state index contributed by atoms with van der Waals surface area (Å²) in [6.07, 6.45) is 7.55. The number of hydrogen-bond donors (Lipinski definition) is 1. The average Bonchev–Trinajstić information content (AvgIpc) is 3.27. The maximum Gasteiger partial charge on any atom is 0.00684 e. The lowest BCUT2D eigenvalue weighted by Crippen LogP contribution is -2.31. The van der Waals surface area contributed by atoms with Crippen LogP contribution < -0.4 is 5.32 Å². The van der Waals surface area contributed by atoms with Gasteiger partial charge < -0.3 is 5.32 Å². The Hall–Kier alpha value is -0.820. The zero-order valence-corrected chi connectivity index (χ0v) is 13.8. The Morgan fingerprint density at radius 3 is 2.45 bits per heavy atom. The number of hydrogen-bond acceptors (Lipinski definition) is 1. The summed E-state index contributed by atoms with van der Waals surface area (Å²) in [5.74, 6) is 0. The van der Waals surface area contributed by atoms with Crippen LogP contribution in [0.2, 0.25) is 0 Å². The number of benzene rings is 1. The molecule has 1 aromatic rings. The molecule has 0 amide bonds. The van der Waals surface area contributed by atoms with Gasteiger partial charge in [-0.3, -0.25) is 0 Å². The van der Waals surface area contributed by atoms with Crippen molar-refractivity contribution in [2.75, 3.05) is 6.54 Å². The summed E-state index contributed by atoms with van der Waals surface area (Å²) in [5.41, 5.74) is 4.99. The predicted molar refractivity (Wildman–Crippen MR) is 88.3 cm³/mol. The van der Waals surface area contributed by atoms with E-state index in [1.807, 2.05) is 0 Å². The highest BCUT2D eigenvalue weighted by molar-refractivity contribution is 5.32. The third kappa shape index (κ3) is 4.63. The van der Waals surface area contributed by atoms with Crippen LogP contribution in [0.1, 0.15) is 63.6 Å². The SMILES string of the molecule is CCc1ccc(CC)c(CCC(C)(C)CNC2CC2)c1. The normalized spacial score (nSPS) is 15.6. The Labute approximate surface area is 125 Å². The van der Waals surface area contributed by atoms with Crippen LogP contribution in [0, 0.1) is 5.41 Å². The Morgan fingerprint density at radius 1 is 1.10 bits per heavy atom. The highest BCUT2D eigenvalue weighted by atomic mass is 15.0. The third-order valence-electron chi connectivity index (χ3n) is 4.58. The molecule has 0 aliphatic heterocycles. The summed E-state index contributed by atoms with van der Waals surface area (Å²) in [7, 11) is 0. The van der Waals surface area contributed by atoms with E-state index in [1.54, 1.807) is 5.56 Å². The Kier molecular flexibility index (Phi) is 5.26. The molecule has 1 nitrogen and oxygen atoms in total. The van der Waals surface area contributed by atoms with Crippen molar-refractivity contribution in [3.63, 3.8) is 0 Å². The molecule has 2 rings (SSSR count). The molecule has 1 aliphatic carbocycles. The molecule has 1 fully saturated rings. The molecule has 1 saturated carbocycles. The minimum atomic E-state index is 0.399. The second-order valence-corrected chi connectivity index (χ2v) is 7.13. The highest BCUT2D eigenvalue weighted by Gasteiger charge is 2.25. The molecule has 1 aliphatic rings. The lowest BCUT2D eigenvalue weighted by atomic mass is 9.84. The van der Waals surface area contributed by atoms with Gasteiger partial charge >= 0.3 is 0 Å². The van der Waals surface area contributed by atoms with Crippen LogP contribution in [0.25, 0.3) is 0 Å². The quantitative estimate of drug-likeness (QED) is 0.734. The Balaban J connectivity index is 1.93. The first-order valence-electron chi connectivity index (χ1n) is 8.38. The molecule has 0 unspecified atom stereocenters. The van der Waals surface area contributed by atoms with Crippen molar-refractivity contribution in [1.82, 2.24) is 5.32 Å². The molecule has 0 spiro atoms. The largest absolute Gasteiger partial charge is 0.313 e. The Morgan fingerprint density at radius 2 is 1.85 bits per heavy atom. The van der Waals surface area contributed by atoms with Gasteiger partial charge in [0.05, 0.1) is 0 Å². The minimum Gasteiger partial charge on any atom is -0.313 e. The third-order valence-corrected chi connectivity index (χ3v) is 4.58. The Bertz CT molecular complexity index is 429. The van der Waals surface area contributed by atoms with Crippen molar-refractivity contribution in [1.29, 1.82) is 0 Å². The van der Waals surface area contributed by atoms with Crippen molar-refractivity contribution < 1.29 is 0 Å². The lowest BCUT2D eigenvalue weighted by Gasteiger charge is -2.26. The summed E-state index contributed by atoms with van der Waals surface area (Å²) in [6, 6.07) is 7.89. The monoisotopic (exact) mass is 273 g/mol. The summed E-state index contributed by atoms with van der Waals surface area (Å²) in [6.45, 7) is 10.5. The number of rotatable bonds is 8. The van der Waals surface area contributed by atoms with Crippen molar-refractivity contribution in [2.45, 2.75) is 72.3 Å². The standard InChI is InChI=1S/C19H31N/c1-5-15-7-8-16(6-2)17(13-15)11-12-19(3,4)14-20-18-9-10-18/h7-8,13,18,20H,5-6,9-12,14H2,1-4H3. The maximum absolute atomic E-state index is 3.68. The van der Waals surface area contributed by atoms with Gasteiger partial charge in [-0.1, -0.05) is 45.9 Å². The second kappa shape index (κ2) is 6.76. The van der Waals surface area contributed by atoms with Gasteiger partial charge in [0.25, 0.3) is 0 Å². The topological polar surface area (TPSA) is 12.0 Å². The van der Waals surface area contributed by atoms with E-state index in [2.05, 4.69) is 51.2 Å². The average molecular weight is 273 g/mol. The van der Waals surface area contributed by atoms with E-state index in [1.165, 1.54) is 36.8 Å². The summed E-state index contributed by atoms with van der Waals surface area (Å²) >= 11 is 0. The van der Waals surface area contributed by atoms with E-state index in [-0.39, 0.29) is 0 Å². The highest BCUT2D eigenvalue weighted by Crippen LogP contribution is 2.26. The van der Waals surface area contributed by atoms with Crippen LogP contribution >= 0.6 is 0 Å². The van der Waals surface area contributed by atoms with Crippen LogP contribution in [-0.2, 0) is 19.3 Å². The van der Waals surface area contributed by atoms with Gasteiger partial charge in [-0.05, 0) is 60.6 Å². The molecule has 1 heteroatoms. The van der Waals surface area contributed by atoms with E-state index >= 15 is 0 Å². The van der Waals surface area contributed by atoms with Crippen LogP contribution in [0.5, 0.6) is 0 Å². The van der Waals surface area contributed by atoms with Crippen molar-refractivity contribution in [3.05, 3.63) is 34.9 Å². The van der Waals surface area contributed by atoms with Crippen molar-refractivity contribution >= 4 is 0 Å². The summed E-state index contributed by atoms with van der Waals surface area (Å²) in [5, 5.41) is 3.68. The molecule has 112 valence electrons. The fourth-order valence-electron chi connectivity index (χ4n) is 2.75. The molecule has 1 aromatic carbocycles. The van der Waals surface area contributed by atoms with Gasteiger partial charge in [-0.2, -0.15) is 0 Å². The van der Waals surface area contributed by atoms with Gasteiger partial charge in [-0.15, -0.1) is 0 Å². The molecule has 0 aromatic heterocycles. The fraction of sp³-hybridized carbons (Fsp3) is 0.684. The van der Waals surface area contributed by atoms with Gasteiger partial charge in [0.1, 0.15) is 0 Å². The minimum absolute atomic E-state index is 0.399. The zero-order chi connectivity index (χ0) is 14.6. The lowest BCUT2D eigenvalue weighted by molar-refractivity contribution is 0.313. The van der Waals surface area contributed by atoms with Gasteiger partial charge in [-0.25, -0.2) is 0 Å². The summed E-state index contributed by atoms with van der Waals surface area (Å²) in [4.78, 5) is 0. The second-order valence-electron chi connectivity index (χ2n) is 7.13. The van der Waals surface area contributed by atoms with Crippen LogP contribution in [0.15, 0.2) is 18.2 Å². The van der Waals surface area contributed by atoms with Crippen LogP contribution in [0.3, 0.4) is 0 Å². The fourth-order valence-corrected chi connectivity index (χ4v) is 2.75. The van der Waals surface area contributed by atoms with E-state index < -0.39 is 0 Å². The molecule has 20 heavy (non-hydrogen) atoms. The first kappa shape index (κ1) is 15.6. The molecular weight excluding hydrogens is 242 g/mol. The predicted octanol–water partition coefficient (Wildman–Crippen LogP) is 4.52. The molecule has 1 N–H and O–H groups in total. The van der Waals surface area contributed by atoms with Crippen molar-refractivity contribution in [2.24, 2.45) is 5.41 Å². The van der Waals surface area contributed by atoms with E-state index in [9.17, 15) is 0 Å². The van der Waals surface area contributed by atoms with Gasteiger partial charge in [0.2, 0.25) is 0 Å². The first-order valence-corrected chi connectivity index (χ1v) is 8.38. The maximum atomic E-state index is 3.68. The van der Waals surface area contributed by atoms with Gasteiger partial charge in [0.15, 0.2) is 0 Å². The molecule has 0 saturated heterocycles. The number of nitrogens with one attached hydrogen (secondary N) is 1. The molecule has 0 atom stereocenters. The zero-order valence-electron chi connectivity index (χ0n) is 13.8. The first-order chi connectivity index (χ1) is 9.54.